The van der Waals surface area contributed by atoms with Crippen LogP contribution in [0.25, 0.3) is 0 Å². The van der Waals surface area contributed by atoms with Crippen molar-refractivity contribution in [2.24, 2.45) is 5.92 Å². The lowest BCUT2D eigenvalue weighted by atomic mass is 9.82. The van der Waals surface area contributed by atoms with Gasteiger partial charge in [0.05, 0.1) is 37.6 Å². The predicted octanol–water partition coefficient (Wildman–Crippen LogP) is 3.86. The lowest BCUT2D eigenvalue weighted by Gasteiger charge is -2.39. The van der Waals surface area contributed by atoms with Gasteiger partial charge < -0.3 is 28.3 Å². The molecule has 14 heteroatoms. The predicted molar refractivity (Wildman–Crippen MR) is 172 cm³/mol. The Balaban J connectivity index is 1.29. The van der Waals surface area contributed by atoms with E-state index >= 15 is 4.11 Å². The summed E-state index contributed by atoms with van der Waals surface area (Å²) in [4.78, 5) is 41.5. The van der Waals surface area contributed by atoms with Crippen molar-refractivity contribution in [1.29, 1.82) is 0 Å². The number of β-lactam (4-membered cyclic amide) rings is 1. The van der Waals surface area contributed by atoms with Crippen molar-refractivity contribution >= 4 is 37.6 Å². The van der Waals surface area contributed by atoms with E-state index < -0.39 is 43.8 Å². The molecule has 3 aliphatic heterocycles. The minimum Gasteiger partial charge on any atom is -0.497 e. The first kappa shape index (κ1) is 32.8. The van der Waals surface area contributed by atoms with Crippen LogP contribution in [0.15, 0.2) is 48.7 Å². The Kier molecular flexibility index (Phi) is 8.70. The summed E-state index contributed by atoms with van der Waals surface area (Å²) < 4.78 is 35.5. The van der Waals surface area contributed by atoms with E-state index in [1.807, 2.05) is 31.2 Å². The number of fused-ring (bicyclic) bond motifs is 2. The standard InChI is InChI=1S/C33H40FN5O7Si/c1-20-31(47(4,5)34)28(12-14-37-19-23(13-15-40)35-36-37)46-33(20)26-16-25(44-3)10-11-27(26)38(32(33)43)18-22-6-8-24(9-7-22)39-29(42)17-30(39)45-21(2)41/h6-11,16,19-20,28,30-31,40H,12-15,17-18H2,1-5H3/t20-,28+,30?,31-,33+/m0/s1. The van der Waals surface area contributed by atoms with Crippen LogP contribution in [0.4, 0.5) is 15.5 Å². The van der Waals surface area contributed by atoms with Gasteiger partial charge in [-0.05, 0) is 55.4 Å². The molecular weight excluding hydrogens is 625 g/mol. The number of hydrogen-bond donors (Lipinski definition) is 1. The number of nitrogens with zero attached hydrogens (tertiary/aromatic N) is 5. The number of rotatable bonds is 11. The fourth-order valence-corrected chi connectivity index (χ4v) is 9.99. The van der Waals surface area contributed by atoms with Crippen LogP contribution in [-0.4, -0.2) is 72.3 Å². The number of anilines is 2. The number of halogens is 1. The second kappa shape index (κ2) is 12.5. The fourth-order valence-electron chi connectivity index (χ4n) is 7.44. The summed E-state index contributed by atoms with van der Waals surface area (Å²) >= 11 is 0. The third-order valence-corrected chi connectivity index (χ3v) is 12.0. The summed E-state index contributed by atoms with van der Waals surface area (Å²) in [5.74, 6) is -0.773. The lowest BCUT2D eigenvalue weighted by molar-refractivity contribution is -0.154. The first-order valence-electron chi connectivity index (χ1n) is 15.8. The zero-order valence-electron chi connectivity index (χ0n) is 27.2. The number of carbonyl (C=O) groups excluding carboxylic acids is 3. The maximum atomic E-state index is 16.2. The molecule has 2 aromatic carbocycles. The average molecular weight is 666 g/mol. The zero-order valence-corrected chi connectivity index (χ0v) is 28.2. The number of ether oxygens (including phenoxy) is 3. The van der Waals surface area contributed by atoms with E-state index in [0.29, 0.717) is 47.8 Å². The number of amides is 2. The number of aryl methyl sites for hydroxylation is 1. The molecule has 3 aliphatic rings. The highest BCUT2D eigenvalue weighted by molar-refractivity contribution is 6.72. The van der Waals surface area contributed by atoms with Crippen LogP contribution in [0.5, 0.6) is 5.75 Å². The molecular formula is C33H40FN5O7Si. The van der Waals surface area contributed by atoms with Crippen LogP contribution in [0.3, 0.4) is 0 Å². The molecule has 1 N–H and O–H groups in total. The Morgan fingerprint density at radius 2 is 1.94 bits per heavy atom. The van der Waals surface area contributed by atoms with Gasteiger partial charge in [0, 0.05) is 55.4 Å². The second-order valence-electron chi connectivity index (χ2n) is 13.0. The van der Waals surface area contributed by atoms with E-state index in [0.717, 1.165) is 5.56 Å². The highest BCUT2D eigenvalue weighted by atomic mass is 28.4. The van der Waals surface area contributed by atoms with Crippen LogP contribution < -0.4 is 14.5 Å². The highest BCUT2D eigenvalue weighted by Crippen LogP contribution is 2.60. The number of benzene rings is 2. The quantitative estimate of drug-likeness (QED) is 0.140. The topological polar surface area (TPSA) is 136 Å². The Morgan fingerprint density at radius 1 is 1.19 bits per heavy atom. The van der Waals surface area contributed by atoms with Gasteiger partial charge in [-0.3, -0.25) is 24.0 Å². The number of esters is 1. The summed E-state index contributed by atoms with van der Waals surface area (Å²) in [6.45, 7) is 7.15. The Bertz CT molecular complexity index is 1680. The number of carbonyl (C=O) groups is 3. The number of aliphatic hydroxyl groups excluding tert-OH is 1. The smallest absolute Gasteiger partial charge is 0.304 e. The van der Waals surface area contributed by atoms with Crippen molar-refractivity contribution in [2.45, 2.75) is 82.8 Å². The maximum Gasteiger partial charge on any atom is 0.304 e. The van der Waals surface area contributed by atoms with Gasteiger partial charge in [0.25, 0.3) is 5.91 Å². The molecule has 2 fully saturated rings. The normalized spacial score (nSPS) is 25.3. The molecule has 1 aromatic heterocycles. The van der Waals surface area contributed by atoms with Gasteiger partial charge in [-0.15, -0.1) is 5.10 Å². The van der Waals surface area contributed by atoms with Crippen molar-refractivity contribution in [3.05, 3.63) is 65.5 Å². The summed E-state index contributed by atoms with van der Waals surface area (Å²) in [6.07, 6.45) is 1.53. The Morgan fingerprint density at radius 3 is 2.57 bits per heavy atom. The Hall–Kier alpha value is -4.14. The zero-order chi connectivity index (χ0) is 33.7. The molecule has 0 radical (unpaired) electrons. The van der Waals surface area contributed by atoms with Gasteiger partial charge in [0.2, 0.25) is 14.3 Å². The van der Waals surface area contributed by atoms with E-state index in [9.17, 15) is 19.5 Å². The van der Waals surface area contributed by atoms with Crippen LogP contribution in [0.2, 0.25) is 18.6 Å². The molecule has 250 valence electrons. The van der Waals surface area contributed by atoms with Crippen molar-refractivity contribution in [3.8, 4) is 5.75 Å². The molecule has 0 aliphatic carbocycles. The lowest BCUT2D eigenvalue weighted by Crippen LogP contribution is -2.54. The summed E-state index contributed by atoms with van der Waals surface area (Å²) in [5.41, 5.74) is 1.49. The molecule has 47 heavy (non-hydrogen) atoms. The van der Waals surface area contributed by atoms with Gasteiger partial charge in [0.15, 0.2) is 11.8 Å². The first-order valence-corrected chi connectivity index (χ1v) is 18.8. The van der Waals surface area contributed by atoms with Crippen LogP contribution in [0.1, 0.15) is 43.5 Å². The van der Waals surface area contributed by atoms with E-state index in [-0.39, 0.29) is 31.4 Å². The van der Waals surface area contributed by atoms with Crippen LogP contribution in [-0.2, 0) is 49.0 Å². The van der Waals surface area contributed by atoms with Crippen molar-refractivity contribution in [3.63, 3.8) is 0 Å². The molecule has 4 heterocycles. The van der Waals surface area contributed by atoms with E-state index in [2.05, 4.69) is 10.3 Å². The van der Waals surface area contributed by atoms with E-state index in [4.69, 9.17) is 14.2 Å². The molecule has 3 aromatic rings. The van der Waals surface area contributed by atoms with Gasteiger partial charge in [0.1, 0.15) is 5.75 Å². The van der Waals surface area contributed by atoms with Gasteiger partial charge >= 0.3 is 5.97 Å². The summed E-state index contributed by atoms with van der Waals surface area (Å²) in [7, 11) is -1.80. The maximum absolute atomic E-state index is 16.2. The van der Waals surface area contributed by atoms with E-state index in [1.54, 1.807) is 54.2 Å². The molecule has 2 amide bonds. The molecule has 6 rings (SSSR count). The van der Waals surface area contributed by atoms with Crippen molar-refractivity contribution in [2.75, 3.05) is 23.5 Å². The molecule has 1 unspecified atom stereocenters. The number of methoxy groups -OCH3 is 1. The highest BCUT2D eigenvalue weighted by Gasteiger charge is 2.66. The largest absolute Gasteiger partial charge is 0.497 e. The SMILES string of the molecule is COc1ccc2c(c1)[C@@]1(O[C@H](CCn3cc(CCO)nn3)[C@@H]([Si](C)(C)F)[C@@H]1C)C(=O)N2Cc1ccc(N2C(=O)CC2OC(C)=O)cc1. The number of aliphatic hydroxyl groups is 1. The molecule has 0 saturated carbocycles. The van der Waals surface area contributed by atoms with Gasteiger partial charge in [-0.1, -0.05) is 24.3 Å². The summed E-state index contributed by atoms with van der Waals surface area (Å²) in [5, 5.41) is 17.5. The summed E-state index contributed by atoms with van der Waals surface area (Å²) in [6, 6.07) is 12.7. The van der Waals surface area contributed by atoms with E-state index in [1.165, 1.54) is 11.8 Å². The molecule has 5 atom stereocenters. The third-order valence-electron chi connectivity index (χ3n) is 9.53. The van der Waals surface area contributed by atoms with Gasteiger partial charge in [-0.25, -0.2) is 0 Å². The first-order chi connectivity index (χ1) is 22.4. The number of hydrogen-bond acceptors (Lipinski definition) is 9. The van der Waals surface area contributed by atoms with Crippen molar-refractivity contribution in [1.82, 2.24) is 15.0 Å². The minimum atomic E-state index is -3.36. The Labute approximate surface area is 273 Å². The van der Waals surface area contributed by atoms with Crippen molar-refractivity contribution < 1.29 is 37.8 Å². The molecule has 1 spiro atoms. The van der Waals surface area contributed by atoms with Crippen LogP contribution >= 0.6 is 0 Å². The number of aromatic nitrogens is 3. The minimum absolute atomic E-state index is 0.0333. The molecule has 2 saturated heterocycles. The van der Waals surface area contributed by atoms with Gasteiger partial charge in [-0.2, -0.15) is 0 Å². The monoisotopic (exact) mass is 665 g/mol. The molecule has 12 nitrogen and oxygen atoms in total. The molecule has 0 bridgehead atoms. The second-order valence-corrected chi connectivity index (χ2v) is 16.8. The average Bonchev–Trinajstić information content (AvgIpc) is 3.66. The van der Waals surface area contributed by atoms with Crippen LogP contribution in [0, 0.1) is 5.92 Å². The fraction of sp³-hybridized carbons (Fsp3) is 0.485. The third kappa shape index (κ3) is 5.82.